The van der Waals surface area contributed by atoms with Crippen LogP contribution in [0.15, 0.2) is 21.9 Å². The van der Waals surface area contributed by atoms with E-state index in [1.807, 2.05) is 20.1 Å². The Morgan fingerprint density at radius 3 is 2.78 bits per heavy atom. The van der Waals surface area contributed by atoms with Gasteiger partial charge in [0.05, 0.1) is 11.3 Å². The number of rotatable bonds is 4. The minimum atomic E-state index is 0.269. The lowest BCUT2D eigenvalue weighted by Gasteiger charge is -2.12. The standard InChI is InChI=1S/C11H13ClN4OS/c1-6(2)14-8-4-9(12)13-5-7(8)10-15-16-11(17-10)18-3/h4-6H,1-3H3,(H,13,14). The minimum Gasteiger partial charge on any atom is -0.411 e. The van der Waals surface area contributed by atoms with Gasteiger partial charge in [-0.3, -0.25) is 0 Å². The Labute approximate surface area is 114 Å². The molecule has 0 bridgehead atoms. The van der Waals surface area contributed by atoms with Crippen molar-refractivity contribution in [3.8, 4) is 11.5 Å². The van der Waals surface area contributed by atoms with Crippen LogP contribution in [0, 0.1) is 0 Å². The van der Waals surface area contributed by atoms with Crippen molar-refractivity contribution in [2.24, 2.45) is 0 Å². The Balaban J connectivity index is 2.42. The van der Waals surface area contributed by atoms with E-state index in [0.717, 1.165) is 11.3 Å². The van der Waals surface area contributed by atoms with E-state index >= 15 is 0 Å². The predicted octanol–water partition coefficient (Wildman–Crippen LogP) is 3.33. The number of thioether (sulfide) groups is 1. The third-order valence-electron chi connectivity index (χ3n) is 2.13. The molecule has 0 aliphatic heterocycles. The molecule has 0 radical (unpaired) electrons. The number of nitrogens with zero attached hydrogens (tertiary/aromatic N) is 3. The molecule has 0 aliphatic carbocycles. The summed E-state index contributed by atoms with van der Waals surface area (Å²) in [7, 11) is 0. The van der Waals surface area contributed by atoms with Crippen molar-refractivity contribution in [2.45, 2.75) is 25.1 Å². The Hall–Kier alpha value is -1.27. The molecule has 5 nitrogen and oxygen atoms in total. The van der Waals surface area contributed by atoms with Crippen LogP contribution >= 0.6 is 23.4 Å². The van der Waals surface area contributed by atoms with E-state index in [0.29, 0.717) is 16.3 Å². The second-order valence-electron chi connectivity index (χ2n) is 3.93. The summed E-state index contributed by atoms with van der Waals surface area (Å²) < 4.78 is 5.50. The van der Waals surface area contributed by atoms with E-state index in [2.05, 4.69) is 20.5 Å². The maximum absolute atomic E-state index is 5.90. The molecule has 0 aliphatic rings. The van der Waals surface area contributed by atoms with Crippen LogP contribution in [0.1, 0.15) is 13.8 Å². The fourth-order valence-corrected chi connectivity index (χ4v) is 1.87. The van der Waals surface area contributed by atoms with E-state index < -0.39 is 0 Å². The maximum atomic E-state index is 5.90. The number of hydrogen-bond acceptors (Lipinski definition) is 6. The van der Waals surface area contributed by atoms with Crippen LogP contribution in [-0.2, 0) is 0 Å². The number of nitrogens with one attached hydrogen (secondary N) is 1. The van der Waals surface area contributed by atoms with Crippen LogP contribution in [0.5, 0.6) is 0 Å². The van der Waals surface area contributed by atoms with Crippen molar-refractivity contribution in [1.82, 2.24) is 15.2 Å². The van der Waals surface area contributed by atoms with Crippen molar-refractivity contribution in [1.29, 1.82) is 0 Å². The van der Waals surface area contributed by atoms with Gasteiger partial charge in [-0.2, -0.15) is 0 Å². The summed E-state index contributed by atoms with van der Waals surface area (Å²) in [5.41, 5.74) is 1.59. The molecule has 96 valence electrons. The van der Waals surface area contributed by atoms with Crippen LogP contribution < -0.4 is 5.32 Å². The smallest absolute Gasteiger partial charge is 0.276 e. The van der Waals surface area contributed by atoms with Crippen LogP contribution in [0.25, 0.3) is 11.5 Å². The number of halogens is 1. The van der Waals surface area contributed by atoms with Gasteiger partial charge < -0.3 is 9.73 Å². The Morgan fingerprint density at radius 1 is 1.39 bits per heavy atom. The maximum Gasteiger partial charge on any atom is 0.276 e. The van der Waals surface area contributed by atoms with Crippen molar-refractivity contribution >= 4 is 29.1 Å². The van der Waals surface area contributed by atoms with Gasteiger partial charge in [-0.05, 0) is 26.2 Å². The molecule has 0 amide bonds. The lowest BCUT2D eigenvalue weighted by atomic mass is 10.2. The third kappa shape index (κ3) is 2.94. The van der Waals surface area contributed by atoms with Gasteiger partial charge in [-0.1, -0.05) is 23.4 Å². The average molecular weight is 285 g/mol. The molecule has 18 heavy (non-hydrogen) atoms. The van der Waals surface area contributed by atoms with Crippen molar-refractivity contribution < 1.29 is 4.42 Å². The Kier molecular flexibility index (Phi) is 4.08. The highest BCUT2D eigenvalue weighted by Gasteiger charge is 2.14. The summed E-state index contributed by atoms with van der Waals surface area (Å²) in [6.45, 7) is 4.08. The number of aromatic nitrogens is 3. The highest BCUT2D eigenvalue weighted by Crippen LogP contribution is 2.30. The van der Waals surface area contributed by atoms with Crippen LogP contribution in [0.4, 0.5) is 5.69 Å². The first-order valence-electron chi connectivity index (χ1n) is 5.40. The molecule has 0 spiro atoms. The lowest BCUT2D eigenvalue weighted by molar-refractivity contribution is 0.466. The topological polar surface area (TPSA) is 63.8 Å². The summed E-state index contributed by atoms with van der Waals surface area (Å²) in [5, 5.41) is 12.1. The van der Waals surface area contributed by atoms with Gasteiger partial charge >= 0.3 is 0 Å². The molecule has 0 unspecified atom stereocenters. The second-order valence-corrected chi connectivity index (χ2v) is 5.07. The SMILES string of the molecule is CSc1nnc(-c2cnc(Cl)cc2NC(C)C)o1. The molecular formula is C11H13ClN4OS. The highest BCUT2D eigenvalue weighted by atomic mass is 35.5. The zero-order valence-electron chi connectivity index (χ0n) is 10.3. The average Bonchev–Trinajstić information content (AvgIpc) is 2.77. The molecule has 0 saturated heterocycles. The molecule has 2 aromatic heterocycles. The first-order valence-corrected chi connectivity index (χ1v) is 7.00. The van der Waals surface area contributed by atoms with Crippen molar-refractivity contribution in [3.05, 3.63) is 17.4 Å². The Bertz CT molecular complexity index is 544. The summed E-state index contributed by atoms with van der Waals surface area (Å²) in [5.74, 6) is 0.437. The second kappa shape index (κ2) is 5.58. The first-order chi connectivity index (χ1) is 8.60. The van der Waals surface area contributed by atoms with Crippen molar-refractivity contribution in [3.63, 3.8) is 0 Å². The van der Waals surface area contributed by atoms with Gasteiger partial charge in [0.25, 0.3) is 11.1 Å². The van der Waals surface area contributed by atoms with E-state index in [1.54, 1.807) is 12.3 Å². The van der Waals surface area contributed by atoms with Crippen LogP contribution in [0.3, 0.4) is 0 Å². The van der Waals surface area contributed by atoms with Crippen LogP contribution in [-0.4, -0.2) is 27.5 Å². The predicted molar refractivity (Wildman–Crippen MR) is 73.1 cm³/mol. The molecule has 2 rings (SSSR count). The zero-order chi connectivity index (χ0) is 13.1. The largest absolute Gasteiger partial charge is 0.411 e. The van der Waals surface area contributed by atoms with E-state index in [-0.39, 0.29) is 6.04 Å². The normalized spacial score (nSPS) is 10.9. The summed E-state index contributed by atoms with van der Waals surface area (Å²) in [6.07, 6.45) is 3.51. The number of hydrogen-bond donors (Lipinski definition) is 1. The van der Waals surface area contributed by atoms with E-state index in [4.69, 9.17) is 16.0 Å². The van der Waals surface area contributed by atoms with Crippen molar-refractivity contribution in [2.75, 3.05) is 11.6 Å². The van der Waals surface area contributed by atoms with E-state index in [1.165, 1.54) is 11.8 Å². The van der Waals surface area contributed by atoms with Gasteiger partial charge in [0, 0.05) is 12.2 Å². The fourth-order valence-electron chi connectivity index (χ4n) is 1.43. The highest BCUT2D eigenvalue weighted by molar-refractivity contribution is 7.98. The molecular weight excluding hydrogens is 272 g/mol. The zero-order valence-corrected chi connectivity index (χ0v) is 11.8. The molecule has 0 saturated carbocycles. The number of pyridine rings is 1. The quantitative estimate of drug-likeness (QED) is 0.686. The van der Waals surface area contributed by atoms with Gasteiger partial charge in [0.2, 0.25) is 0 Å². The molecule has 0 atom stereocenters. The summed E-state index contributed by atoms with van der Waals surface area (Å²) >= 11 is 7.30. The number of anilines is 1. The molecule has 0 aromatic carbocycles. The van der Waals surface area contributed by atoms with Gasteiger partial charge in [-0.25, -0.2) is 4.98 Å². The molecule has 7 heteroatoms. The van der Waals surface area contributed by atoms with Gasteiger partial charge in [0.1, 0.15) is 5.15 Å². The fraction of sp³-hybridized carbons (Fsp3) is 0.364. The third-order valence-corrected chi connectivity index (χ3v) is 2.85. The monoisotopic (exact) mass is 284 g/mol. The molecule has 1 N–H and O–H groups in total. The minimum absolute atomic E-state index is 0.269. The summed E-state index contributed by atoms with van der Waals surface area (Å²) in [6, 6.07) is 2.02. The summed E-state index contributed by atoms with van der Waals surface area (Å²) in [4.78, 5) is 4.05. The Morgan fingerprint density at radius 2 is 2.17 bits per heavy atom. The van der Waals surface area contributed by atoms with Crippen LogP contribution in [0.2, 0.25) is 5.15 Å². The van der Waals surface area contributed by atoms with Gasteiger partial charge in [-0.15, -0.1) is 10.2 Å². The molecule has 2 heterocycles. The molecule has 0 fully saturated rings. The van der Waals surface area contributed by atoms with Gasteiger partial charge in [0.15, 0.2) is 0 Å². The van der Waals surface area contributed by atoms with E-state index in [9.17, 15) is 0 Å². The lowest BCUT2D eigenvalue weighted by Crippen LogP contribution is -2.10. The molecule has 2 aromatic rings. The first kappa shape index (κ1) is 13.2.